The van der Waals surface area contributed by atoms with Crippen molar-refractivity contribution in [2.75, 3.05) is 14.2 Å². The van der Waals surface area contributed by atoms with Crippen molar-refractivity contribution in [3.8, 4) is 0 Å². The SMILES string of the molecule is COC(=O)C1(O)C=CCC=C1OC. The van der Waals surface area contributed by atoms with Gasteiger partial charge < -0.3 is 14.6 Å². The van der Waals surface area contributed by atoms with Crippen molar-refractivity contribution in [2.24, 2.45) is 0 Å². The van der Waals surface area contributed by atoms with E-state index in [9.17, 15) is 9.90 Å². The van der Waals surface area contributed by atoms with E-state index in [1.807, 2.05) is 0 Å². The fraction of sp³-hybridized carbons (Fsp3) is 0.444. The van der Waals surface area contributed by atoms with Crippen molar-refractivity contribution in [3.63, 3.8) is 0 Å². The second-order valence-electron chi connectivity index (χ2n) is 2.67. The first-order chi connectivity index (χ1) is 6.15. The highest BCUT2D eigenvalue weighted by Crippen LogP contribution is 2.25. The first kappa shape index (κ1) is 9.80. The van der Waals surface area contributed by atoms with Gasteiger partial charge in [-0.1, -0.05) is 6.08 Å². The monoisotopic (exact) mass is 184 g/mol. The van der Waals surface area contributed by atoms with Gasteiger partial charge in [0, 0.05) is 0 Å². The number of ether oxygens (including phenoxy) is 2. The number of rotatable bonds is 2. The Labute approximate surface area is 76.5 Å². The molecule has 1 aliphatic rings. The zero-order valence-electron chi connectivity index (χ0n) is 7.61. The predicted octanol–water partition coefficient (Wildman–Crippen LogP) is 0.381. The van der Waals surface area contributed by atoms with E-state index in [-0.39, 0.29) is 5.76 Å². The topological polar surface area (TPSA) is 55.8 Å². The van der Waals surface area contributed by atoms with E-state index in [1.54, 1.807) is 12.2 Å². The lowest BCUT2D eigenvalue weighted by Crippen LogP contribution is -2.41. The van der Waals surface area contributed by atoms with Gasteiger partial charge in [-0.2, -0.15) is 0 Å². The molecule has 1 aliphatic carbocycles. The largest absolute Gasteiger partial charge is 0.497 e. The van der Waals surface area contributed by atoms with Crippen LogP contribution < -0.4 is 0 Å². The molecular formula is C9H12O4. The molecule has 0 saturated carbocycles. The number of methoxy groups -OCH3 is 2. The highest BCUT2D eigenvalue weighted by Gasteiger charge is 2.41. The Hall–Kier alpha value is -1.29. The van der Waals surface area contributed by atoms with E-state index in [2.05, 4.69) is 4.74 Å². The molecule has 13 heavy (non-hydrogen) atoms. The summed E-state index contributed by atoms with van der Waals surface area (Å²) in [6, 6.07) is 0. The van der Waals surface area contributed by atoms with Gasteiger partial charge in [0.15, 0.2) is 0 Å². The van der Waals surface area contributed by atoms with Gasteiger partial charge in [0.25, 0.3) is 0 Å². The summed E-state index contributed by atoms with van der Waals surface area (Å²) in [4.78, 5) is 11.2. The van der Waals surface area contributed by atoms with Crippen LogP contribution in [0.15, 0.2) is 24.0 Å². The lowest BCUT2D eigenvalue weighted by molar-refractivity contribution is -0.156. The number of carbonyl (C=O) groups is 1. The molecule has 72 valence electrons. The molecule has 1 atom stereocenters. The molecule has 1 unspecified atom stereocenters. The molecule has 0 radical (unpaired) electrons. The third-order valence-corrected chi connectivity index (χ3v) is 1.89. The maximum absolute atomic E-state index is 11.2. The molecular weight excluding hydrogens is 172 g/mol. The molecule has 0 aromatic rings. The molecule has 0 aromatic heterocycles. The first-order valence-electron chi connectivity index (χ1n) is 3.88. The summed E-state index contributed by atoms with van der Waals surface area (Å²) in [6.45, 7) is 0. The van der Waals surface area contributed by atoms with Crippen LogP contribution in [0, 0.1) is 0 Å². The number of hydrogen-bond acceptors (Lipinski definition) is 4. The normalized spacial score (nSPS) is 26.5. The van der Waals surface area contributed by atoms with Crippen LogP contribution in [0.4, 0.5) is 0 Å². The van der Waals surface area contributed by atoms with Gasteiger partial charge in [0.1, 0.15) is 5.76 Å². The van der Waals surface area contributed by atoms with E-state index in [0.29, 0.717) is 6.42 Å². The molecule has 0 heterocycles. The van der Waals surface area contributed by atoms with Gasteiger partial charge in [-0.3, -0.25) is 0 Å². The summed E-state index contributed by atoms with van der Waals surface area (Å²) in [5.74, 6) is -0.529. The molecule has 0 aliphatic heterocycles. The summed E-state index contributed by atoms with van der Waals surface area (Å²) in [6.07, 6.45) is 5.33. The van der Waals surface area contributed by atoms with Gasteiger partial charge in [-0.15, -0.1) is 0 Å². The Kier molecular flexibility index (Phi) is 2.72. The average molecular weight is 184 g/mol. The van der Waals surface area contributed by atoms with E-state index < -0.39 is 11.6 Å². The second kappa shape index (κ2) is 3.62. The quantitative estimate of drug-likeness (QED) is 0.498. The van der Waals surface area contributed by atoms with E-state index in [0.717, 1.165) is 0 Å². The lowest BCUT2D eigenvalue weighted by atomic mass is 9.96. The number of allylic oxidation sites excluding steroid dienone is 2. The maximum atomic E-state index is 11.2. The zero-order valence-corrected chi connectivity index (χ0v) is 7.61. The van der Waals surface area contributed by atoms with E-state index >= 15 is 0 Å². The number of hydrogen-bond donors (Lipinski definition) is 1. The fourth-order valence-corrected chi connectivity index (χ4v) is 1.21. The predicted molar refractivity (Wildman–Crippen MR) is 45.8 cm³/mol. The molecule has 1 rings (SSSR count). The van der Waals surface area contributed by atoms with Crippen LogP contribution in [-0.2, 0) is 14.3 Å². The highest BCUT2D eigenvalue weighted by molar-refractivity contribution is 5.85. The van der Waals surface area contributed by atoms with Gasteiger partial charge >= 0.3 is 5.97 Å². The number of aliphatic hydroxyl groups is 1. The lowest BCUT2D eigenvalue weighted by Gasteiger charge is -2.25. The van der Waals surface area contributed by atoms with Crippen molar-refractivity contribution in [1.82, 2.24) is 0 Å². The van der Waals surface area contributed by atoms with Crippen LogP contribution in [0.3, 0.4) is 0 Å². The third kappa shape index (κ3) is 1.58. The van der Waals surface area contributed by atoms with Crippen molar-refractivity contribution in [1.29, 1.82) is 0 Å². The molecule has 0 saturated heterocycles. The molecule has 0 spiro atoms. The summed E-state index contributed by atoms with van der Waals surface area (Å²) < 4.78 is 9.35. The Morgan fingerprint density at radius 1 is 1.62 bits per heavy atom. The van der Waals surface area contributed by atoms with Crippen LogP contribution in [0.5, 0.6) is 0 Å². The number of esters is 1. The average Bonchev–Trinajstić information content (AvgIpc) is 2.17. The van der Waals surface area contributed by atoms with Crippen LogP contribution in [0.2, 0.25) is 0 Å². The van der Waals surface area contributed by atoms with Gasteiger partial charge in [0.05, 0.1) is 14.2 Å². The van der Waals surface area contributed by atoms with Gasteiger partial charge in [-0.25, -0.2) is 4.79 Å². The molecule has 0 fully saturated rings. The van der Waals surface area contributed by atoms with Crippen LogP contribution in [-0.4, -0.2) is 30.9 Å². The van der Waals surface area contributed by atoms with Crippen molar-refractivity contribution < 1.29 is 19.4 Å². The third-order valence-electron chi connectivity index (χ3n) is 1.89. The Morgan fingerprint density at radius 3 is 2.85 bits per heavy atom. The van der Waals surface area contributed by atoms with E-state index in [4.69, 9.17) is 4.74 Å². The molecule has 4 heteroatoms. The van der Waals surface area contributed by atoms with Gasteiger partial charge in [-0.05, 0) is 18.6 Å². The molecule has 4 nitrogen and oxygen atoms in total. The Morgan fingerprint density at radius 2 is 2.31 bits per heavy atom. The fourth-order valence-electron chi connectivity index (χ4n) is 1.21. The smallest absolute Gasteiger partial charge is 0.350 e. The van der Waals surface area contributed by atoms with Gasteiger partial charge in [0.2, 0.25) is 5.60 Å². The molecule has 1 N–H and O–H groups in total. The minimum atomic E-state index is -1.75. The van der Waals surface area contributed by atoms with Crippen LogP contribution >= 0.6 is 0 Å². The van der Waals surface area contributed by atoms with Crippen molar-refractivity contribution >= 4 is 5.97 Å². The standard InChI is InChI=1S/C9H12O4/c1-12-7-5-3-4-6-9(7,11)8(10)13-2/h4-6,11H,3H2,1-2H3. The first-order valence-corrected chi connectivity index (χ1v) is 3.88. The Balaban J connectivity index is 2.97. The van der Waals surface area contributed by atoms with Crippen LogP contribution in [0.1, 0.15) is 6.42 Å². The number of carbonyl (C=O) groups excluding carboxylic acids is 1. The summed E-state index contributed by atoms with van der Waals surface area (Å²) >= 11 is 0. The molecule has 0 aromatic carbocycles. The van der Waals surface area contributed by atoms with Crippen molar-refractivity contribution in [2.45, 2.75) is 12.0 Å². The van der Waals surface area contributed by atoms with Crippen LogP contribution in [0.25, 0.3) is 0 Å². The summed E-state index contributed by atoms with van der Waals surface area (Å²) in [5.41, 5.74) is -1.75. The molecule has 0 bridgehead atoms. The minimum Gasteiger partial charge on any atom is -0.497 e. The van der Waals surface area contributed by atoms with Crippen molar-refractivity contribution in [3.05, 3.63) is 24.0 Å². The zero-order chi connectivity index (χ0) is 9.90. The highest BCUT2D eigenvalue weighted by atomic mass is 16.6. The summed E-state index contributed by atoms with van der Waals surface area (Å²) in [5, 5.41) is 9.84. The van der Waals surface area contributed by atoms with E-state index in [1.165, 1.54) is 20.3 Å². The maximum Gasteiger partial charge on any atom is 0.350 e. The minimum absolute atomic E-state index is 0.210. The Bertz CT molecular complexity index is 267. The second-order valence-corrected chi connectivity index (χ2v) is 2.67. The molecule has 0 amide bonds. The summed E-state index contributed by atoms with van der Waals surface area (Å²) in [7, 11) is 2.62.